The number of carbonyl (C=O) groups is 1. The number of hydrogen-bond acceptors (Lipinski definition) is 3. The third kappa shape index (κ3) is 3.54. The highest BCUT2D eigenvalue weighted by Crippen LogP contribution is 2.22. The molecule has 1 amide bonds. The van der Waals surface area contributed by atoms with E-state index in [1.165, 1.54) is 5.56 Å². The minimum atomic E-state index is 0.00619. The van der Waals surface area contributed by atoms with Crippen molar-refractivity contribution in [2.24, 2.45) is 0 Å². The molecule has 0 radical (unpaired) electrons. The van der Waals surface area contributed by atoms with E-state index in [0.29, 0.717) is 31.1 Å². The van der Waals surface area contributed by atoms with Crippen molar-refractivity contribution >= 4 is 5.91 Å². The Hall–Kier alpha value is -2.33. The summed E-state index contributed by atoms with van der Waals surface area (Å²) in [6.45, 7) is 1.75. The summed E-state index contributed by atoms with van der Waals surface area (Å²) in [7, 11) is 1.59. The van der Waals surface area contributed by atoms with Crippen LogP contribution in [0.25, 0.3) is 0 Å². The van der Waals surface area contributed by atoms with Crippen LogP contribution in [0.15, 0.2) is 54.6 Å². The summed E-state index contributed by atoms with van der Waals surface area (Å²) >= 11 is 0. The molecule has 4 nitrogen and oxygen atoms in total. The highest BCUT2D eigenvalue weighted by Gasteiger charge is 2.29. The van der Waals surface area contributed by atoms with Gasteiger partial charge in [-0.05, 0) is 24.1 Å². The van der Waals surface area contributed by atoms with Gasteiger partial charge >= 0.3 is 0 Å². The average Bonchev–Trinajstić information content (AvgIpc) is 2.62. The van der Waals surface area contributed by atoms with Gasteiger partial charge in [-0.3, -0.25) is 4.79 Å². The fourth-order valence-corrected chi connectivity index (χ4v) is 2.95. The van der Waals surface area contributed by atoms with Crippen molar-refractivity contribution in [1.82, 2.24) is 4.90 Å². The predicted octanol–water partition coefficient (Wildman–Crippen LogP) is 2.78. The van der Waals surface area contributed by atoms with Crippen molar-refractivity contribution in [2.45, 2.75) is 12.5 Å². The molecule has 0 aliphatic carbocycles. The minimum Gasteiger partial charge on any atom is -0.496 e. The van der Waals surface area contributed by atoms with E-state index in [4.69, 9.17) is 9.47 Å². The van der Waals surface area contributed by atoms with Crippen LogP contribution < -0.4 is 4.74 Å². The zero-order valence-corrected chi connectivity index (χ0v) is 13.3. The molecule has 1 fully saturated rings. The van der Waals surface area contributed by atoms with Gasteiger partial charge in [-0.2, -0.15) is 0 Å². The lowest BCUT2D eigenvalue weighted by Crippen LogP contribution is -2.49. The summed E-state index contributed by atoms with van der Waals surface area (Å²) in [5.74, 6) is 0.620. The second kappa shape index (κ2) is 7.29. The molecule has 1 heterocycles. The van der Waals surface area contributed by atoms with Crippen molar-refractivity contribution in [3.8, 4) is 5.75 Å². The van der Waals surface area contributed by atoms with Crippen LogP contribution in [-0.2, 0) is 11.2 Å². The Labute approximate surface area is 136 Å². The molecule has 120 valence electrons. The molecule has 0 spiro atoms. The Kier molecular flexibility index (Phi) is 4.93. The maximum Gasteiger partial charge on any atom is 0.258 e. The van der Waals surface area contributed by atoms with Gasteiger partial charge < -0.3 is 14.4 Å². The van der Waals surface area contributed by atoms with Crippen molar-refractivity contribution < 1.29 is 14.3 Å². The van der Waals surface area contributed by atoms with E-state index in [1.54, 1.807) is 7.11 Å². The summed E-state index contributed by atoms with van der Waals surface area (Å²) in [5.41, 5.74) is 1.82. The van der Waals surface area contributed by atoms with Crippen LogP contribution in [0.5, 0.6) is 5.75 Å². The van der Waals surface area contributed by atoms with E-state index < -0.39 is 0 Å². The molecule has 2 aromatic rings. The van der Waals surface area contributed by atoms with Gasteiger partial charge in [-0.1, -0.05) is 42.5 Å². The lowest BCUT2D eigenvalue weighted by Gasteiger charge is -2.36. The summed E-state index contributed by atoms with van der Waals surface area (Å²) in [6, 6.07) is 17.6. The van der Waals surface area contributed by atoms with Crippen LogP contribution in [0.3, 0.4) is 0 Å². The van der Waals surface area contributed by atoms with Crippen LogP contribution >= 0.6 is 0 Å². The van der Waals surface area contributed by atoms with Crippen LogP contribution in [0, 0.1) is 0 Å². The molecule has 23 heavy (non-hydrogen) atoms. The first-order chi connectivity index (χ1) is 11.3. The van der Waals surface area contributed by atoms with E-state index in [1.807, 2.05) is 47.4 Å². The lowest BCUT2D eigenvalue weighted by molar-refractivity contribution is -0.00178. The second-order valence-electron chi connectivity index (χ2n) is 5.62. The van der Waals surface area contributed by atoms with E-state index in [2.05, 4.69) is 12.1 Å². The van der Waals surface area contributed by atoms with Gasteiger partial charge in [0.15, 0.2) is 0 Å². The molecule has 0 aromatic heterocycles. The predicted molar refractivity (Wildman–Crippen MR) is 88.8 cm³/mol. The molecule has 1 aliphatic heterocycles. The quantitative estimate of drug-likeness (QED) is 0.871. The number of methoxy groups -OCH3 is 1. The van der Waals surface area contributed by atoms with Crippen molar-refractivity contribution in [1.29, 1.82) is 0 Å². The molecule has 0 bridgehead atoms. The molecule has 1 atom stereocenters. The smallest absolute Gasteiger partial charge is 0.258 e. The monoisotopic (exact) mass is 311 g/mol. The van der Waals surface area contributed by atoms with Gasteiger partial charge in [0, 0.05) is 6.54 Å². The Morgan fingerprint density at radius 3 is 2.70 bits per heavy atom. The van der Waals surface area contributed by atoms with Crippen molar-refractivity contribution in [3.63, 3.8) is 0 Å². The third-order valence-corrected chi connectivity index (χ3v) is 4.14. The molecular formula is C19H21NO3. The Balaban J connectivity index is 1.82. The second-order valence-corrected chi connectivity index (χ2v) is 5.62. The number of carbonyl (C=O) groups excluding carboxylic acids is 1. The number of hydrogen-bond donors (Lipinski definition) is 0. The molecule has 2 aromatic carbocycles. The van der Waals surface area contributed by atoms with Crippen LogP contribution in [0.4, 0.5) is 0 Å². The maximum absolute atomic E-state index is 13.0. The Bertz CT molecular complexity index is 657. The molecule has 1 unspecified atom stereocenters. The topological polar surface area (TPSA) is 38.8 Å². The molecule has 3 rings (SSSR count). The first-order valence-electron chi connectivity index (χ1n) is 7.85. The van der Waals surface area contributed by atoms with E-state index in [9.17, 15) is 4.79 Å². The number of benzene rings is 2. The standard InChI is InChI=1S/C19H21NO3/c1-22-18-10-6-5-9-17(18)19(21)20-11-12-23-14-16(20)13-15-7-3-2-4-8-15/h2-10,16H,11-14H2,1H3. The SMILES string of the molecule is COc1ccccc1C(=O)N1CCOCC1Cc1ccccc1. The molecule has 1 aliphatic rings. The van der Waals surface area contributed by atoms with Crippen LogP contribution in [0.2, 0.25) is 0 Å². The van der Waals surface area contributed by atoms with Gasteiger partial charge in [0.1, 0.15) is 5.75 Å². The van der Waals surface area contributed by atoms with Gasteiger partial charge in [0.2, 0.25) is 0 Å². The molecular weight excluding hydrogens is 290 g/mol. The average molecular weight is 311 g/mol. The van der Waals surface area contributed by atoms with E-state index in [-0.39, 0.29) is 11.9 Å². The van der Waals surface area contributed by atoms with Crippen molar-refractivity contribution in [3.05, 3.63) is 65.7 Å². The van der Waals surface area contributed by atoms with Crippen molar-refractivity contribution in [2.75, 3.05) is 26.9 Å². The highest BCUT2D eigenvalue weighted by molar-refractivity contribution is 5.97. The zero-order valence-electron chi connectivity index (χ0n) is 13.3. The number of para-hydroxylation sites is 1. The summed E-state index contributed by atoms with van der Waals surface area (Å²) < 4.78 is 10.9. The minimum absolute atomic E-state index is 0.00619. The lowest BCUT2D eigenvalue weighted by atomic mass is 10.0. The molecule has 4 heteroatoms. The van der Waals surface area contributed by atoms with Crippen LogP contribution in [0.1, 0.15) is 15.9 Å². The Morgan fingerprint density at radius 1 is 1.17 bits per heavy atom. The van der Waals surface area contributed by atoms with Gasteiger partial charge in [0.05, 0.1) is 31.9 Å². The fraction of sp³-hybridized carbons (Fsp3) is 0.316. The van der Waals surface area contributed by atoms with Gasteiger partial charge in [0.25, 0.3) is 5.91 Å². The summed E-state index contributed by atoms with van der Waals surface area (Å²) in [5, 5.41) is 0. The van der Waals surface area contributed by atoms with E-state index in [0.717, 1.165) is 6.42 Å². The molecule has 0 saturated carbocycles. The zero-order chi connectivity index (χ0) is 16.1. The molecule has 1 saturated heterocycles. The Morgan fingerprint density at radius 2 is 1.91 bits per heavy atom. The third-order valence-electron chi connectivity index (χ3n) is 4.14. The summed E-state index contributed by atoms with van der Waals surface area (Å²) in [6.07, 6.45) is 0.793. The number of morpholine rings is 1. The number of rotatable bonds is 4. The van der Waals surface area contributed by atoms with Gasteiger partial charge in [-0.25, -0.2) is 0 Å². The number of nitrogens with zero attached hydrogens (tertiary/aromatic N) is 1. The van der Waals surface area contributed by atoms with E-state index >= 15 is 0 Å². The number of amides is 1. The maximum atomic E-state index is 13.0. The first kappa shape index (κ1) is 15.6. The van der Waals surface area contributed by atoms with Gasteiger partial charge in [-0.15, -0.1) is 0 Å². The first-order valence-corrected chi connectivity index (χ1v) is 7.85. The number of ether oxygens (including phenoxy) is 2. The summed E-state index contributed by atoms with van der Waals surface area (Å²) in [4.78, 5) is 14.9. The highest BCUT2D eigenvalue weighted by atomic mass is 16.5. The molecule has 0 N–H and O–H groups in total. The largest absolute Gasteiger partial charge is 0.496 e. The normalized spacial score (nSPS) is 17.8. The fourth-order valence-electron chi connectivity index (χ4n) is 2.95. The van der Waals surface area contributed by atoms with Crippen LogP contribution in [-0.4, -0.2) is 43.7 Å².